The lowest BCUT2D eigenvalue weighted by Gasteiger charge is -2.56. The lowest BCUT2D eigenvalue weighted by molar-refractivity contribution is -0.122. The minimum atomic E-state index is -0.582. The Balaban J connectivity index is 2.97. The Labute approximate surface area is 94.0 Å². The molecule has 0 saturated carbocycles. The Kier molecular flexibility index (Phi) is 3.05. The van der Waals surface area contributed by atoms with E-state index in [1.165, 1.54) is 0 Å². The van der Waals surface area contributed by atoms with Crippen molar-refractivity contribution in [1.82, 2.24) is 4.90 Å². The number of likely N-dealkylation sites (tertiary alicyclic amines) is 1. The molecule has 0 amide bonds. The van der Waals surface area contributed by atoms with Crippen molar-refractivity contribution in [3.8, 4) is 0 Å². The van der Waals surface area contributed by atoms with Gasteiger partial charge >= 0.3 is 0 Å². The minimum absolute atomic E-state index is 0.0412. The normalized spacial score (nSPS) is 28.7. The molecule has 1 aliphatic rings. The first-order chi connectivity index (χ1) is 6.63. The second-order valence-electron chi connectivity index (χ2n) is 6.25. The third kappa shape index (κ3) is 2.43. The summed E-state index contributed by atoms with van der Waals surface area (Å²) < 4.78 is 0. The van der Waals surface area contributed by atoms with E-state index in [0.29, 0.717) is 6.42 Å². The van der Waals surface area contributed by atoms with Gasteiger partial charge in [-0.2, -0.15) is 0 Å². The molecule has 1 fully saturated rings. The predicted octanol–water partition coefficient (Wildman–Crippen LogP) is 2.58. The molecule has 2 heteroatoms. The zero-order valence-corrected chi connectivity index (χ0v) is 10.8. The Morgan fingerprint density at radius 3 is 1.93 bits per heavy atom. The number of aliphatic hydroxyl groups is 1. The van der Waals surface area contributed by atoms with Crippen LogP contribution in [0.15, 0.2) is 12.7 Å². The van der Waals surface area contributed by atoms with E-state index in [1.54, 1.807) is 0 Å². The molecule has 0 radical (unpaired) electrons. The second kappa shape index (κ2) is 3.60. The summed E-state index contributed by atoms with van der Waals surface area (Å²) in [6.07, 6.45) is 4.14. The summed E-state index contributed by atoms with van der Waals surface area (Å²) in [5.41, 5.74) is -0.500. The van der Waals surface area contributed by atoms with Crippen LogP contribution in [0.1, 0.15) is 47.0 Å². The van der Waals surface area contributed by atoms with Crippen molar-refractivity contribution < 1.29 is 5.11 Å². The van der Waals surface area contributed by atoms with Crippen LogP contribution in [0.5, 0.6) is 0 Å². The molecule has 0 aliphatic carbocycles. The highest BCUT2D eigenvalue weighted by Gasteiger charge is 2.49. The first kappa shape index (κ1) is 12.7. The summed E-state index contributed by atoms with van der Waals surface area (Å²) in [6.45, 7) is 12.5. The molecule has 1 rings (SSSR count). The molecule has 0 atom stereocenters. The van der Waals surface area contributed by atoms with E-state index in [0.717, 1.165) is 12.8 Å². The van der Waals surface area contributed by atoms with E-state index in [-0.39, 0.29) is 11.1 Å². The molecule has 0 aromatic rings. The molecule has 2 nitrogen and oxygen atoms in total. The van der Waals surface area contributed by atoms with Gasteiger partial charge in [0.2, 0.25) is 0 Å². The van der Waals surface area contributed by atoms with Crippen molar-refractivity contribution in [1.29, 1.82) is 0 Å². The average molecular weight is 211 g/mol. The molecule has 0 aromatic heterocycles. The van der Waals surface area contributed by atoms with Gasteiger partial charge in [0.25, 0.3) is 0 Å². The molecule has 0 aromatic carbocycles. The molecule has 15 heavy (non-hydrogen) atoms. The summed E-state index contributed by atoms with van der Waals surface area (Å²) in [4.78, 5) is 2.37. The molecular weight excluding hydrogens is 186 g/mol. The van der Waals surface area contributed by atoms with Gasteiger partial charge in [-0.05, 0) is 54.0 Å². The van der Waals surface area contributed by atoms with Crippen LogP contribution in [0.3, 0.4) is 0 Å². The first-order valence-electron chi connectivity index (χ1n) is 5.70. The topological polar surface area (TPSA) is 23.5 Å². The van der Waals surface area contributed by atoms with Crippen molar-refractivity contribution in [3.63, 3.8) is 0 Å². The van der Waals surface area contributed by atoms with E-state index in [4.69, 9.17) is 0 Å². The molecule has 0 unspecified atom stereocenters. The van der Waals surface area contributed by atoms with E-state index >= 15 is 0 Å². The third-order valence-electron chi connectivity index (χ3n) is 3.86. The molecule has 88 valence electrons. The van der Waals surface area contributed by atoms with Gasteiger partial charge in [-0.3, -0.25) is 4.90 Å². The van der Waals surface area contributed by atoms with E-state index in [1.807, 2.05) is 6.08 Å². The van der Waals surface area contributed by atoms with Crippen molar-refractivity contribution in [2.45, 2.75) is 63.6 Å². The molecule has 1 aliphatic heterocycles. The SMILES string of the molecule is C=CCC1(O)CC(C)(C)N(C)C(C)(C)C1. The molecule has 0 spiro atoms. The maximum Gasteiger partial charge on any atom is 0.0716 e. The fraction of sp³-hybridized carbons (Fsp3) is 0.846. The maximum atomic E-state index is 10.6. The highest BCUT2D eigenvalue weighted by Crippen LogP contribution is 2.43. The lowest BCUT2D eigenvalue weighted by Crippen LogP contribution is -2.63. The molecule has 1 saturated heterocycles. The predicted molar refractivity (Wildman–Crippen MR) is 64.9 cm³/mol. The Hall–Kier alpha value is -0.340. The summed E-state index contributed by atoms with van der Waals surface area (Å²) in [5, 5.41) is 10.6. The number of hydrogen-bond donors (Lipinski definition) is 1. The second-order valence-corrected chi connectivity index (χ2v) is 6.25. The van der Waals surface area contributed by atoms with Gasteiger partial charge in [-0.1, -0.05) is 6.08 Å². The van der Waals surface area contributed by atoms with E-state index < -0.39 is 5.60 Å². The van der Waals surface area contributed by atoms with Crippen LogP contribution >= 0.6 is 0 Å². The largest absolute Gasteiger partial charge is 0.389 e. The average Bonchev–Trinajstić information content (AvgIpc) is 1.98. The van der Waals surface area contributed by atoms with Gasteiger partial charge in [-0.25, -0.2) is 0 Å². The Morgan fingerprint density at radius 2 is 1.60 bits per heavy atom. The van der Waals surface area contributed by atoms with E-state index in [2.05, 4.69) is 46.2 Å². The number of piperidine rings is 1. The quantitative estimate of drug-likeness (QED) is 0.710. The maximum absolute atomic E-state index is 10.6. The van der Waals surface area contributed by atoms with Gasteiger partial charge in [0.05, 0.1) is 5.60 Å². The lowest BCUT2D eigenvalue weighted by atomic mass is 9.70. The van der Waals surface area contributed by atoms with Crippen LogP contribution in [0.4, 0.5) is 0 Å². The minimum Gasteiger partial charge on any atom is -0.389 e. The highest BCUT2D eigenvalue weighted by molar-refractivity contribution is 5.06. The monoisotopic (exact) mass is 211 g/mol. The first-order valence-corrected chi connectivity index (χ1v) is 5.70. The van der Waals surface area contributed by atoms with Crippen LogP contribution < -0.4 is 0 Å². The molecule has 0 bridgehead atoms. The zero-order valence-electron chi connectivity index (χ0n) is 10.8. The van der Waals surface area contributed by atoms with Gasteiger partial charge < -0.3 is 5.11 Å². The van der Waals surface area contributed by atoms with E-state index in [9.17, 15) is 5.11 Å². The van der Waals surface area contributed by atoms with Crippen molar-refractivity contribution in [2.75, 3.05) is 7.05 Å². The van der Waals surface area contributed by atoms with Crippen LogP contribution in [-0.2, 0) is 0 Å². The Morgan fingerprint density at radius 1 is 1.20 bits per heavy atom. The van der Waals surface area contributed by atoms with Crippen LogP contribution in [0.2, 0.25) is 0 Å². The highest BCUT2D eigenvalue weighted by atomic mass is 16.3. The van der Waals surface area contributed by atoms with Gasteiger partial charge in [0.15, 0.2) is 0 Å². The summed E-state index contributed by atoms with van der Waals surface area (Å²) in [7, 11) is 2.15. The number of nitrogens with zero attached hydrogens (tertiary/aromatic N) is 1. The zero-order chi connectivity index (χ0) is 11.9. The van der Waals surface area contributed by atoms with Gasteiger partial charge in [0.1, 0.15) is 0 Å². The van der Waals surface area contributed by atoms with Gasteiger partial charge in [0, 0.05) is 11.1 Å². The summed E-state index contributed by atoms with van der Waals surface area (Å²) in [5.74, 6) is 0. The van der Waals surface area contributed by atoms with Gasteiger partial charge in [-0.15, -0.1) is 6.58 Å². The summed E-state index contributed by atoms with van der Waals surface area (Å²) in [6, 6.07) is 0. The molecule has 1 heterocycles. The molecule has 1 N–H and O–H groups in total. The fourth-order valence-electron chi connectivity index (χ4n) is 3.14. The molecular formula is C13H25NO. The standard InChI is InChI=1S/C13H25NO/c1-7-8-13(15)9-11(2,3)14(6)12(4,5)10-13/h7,15H,1,8-10H2,2-6H3. The number of hydrogen-bond acceptors (Lipinski definition) is 2. The van der Waals surface area contributed by atoms with Crippen LogP contribution in [0.25, 0.3) is 0 Å². The Bertz CT molecular complexity index is 237. The third-order valence-corrected chi connectivity index (χ3v) is 3.86. The smallest absolute Gasteiger partial charge is 0.0716 e. The summed E-state index contributed by atoms with van der Waals surface area (Å²) >= 11 is 0. The van der Waals surface area contributed by atoms with Crippen LogP contribution in [-0.4, -0.2) is 33.7 Å². The fourth-order valence-corrected chi connectivity index (χ4v) is 3.14. The van der Waals surface area contributed by atoms with Crippen molar-refractivity contribution in [3.05, 3.63) is 12.7 Å². The van der Waals surface area contributed by atoms with Crippen molar-refractivity contribution >= 4 is 0 Å². The van der Waals surface area contributed by atoms with Crippen LogP contribution in [0, 0.1) is 0 Å². The number of rotatable bonds is 2. The van der Waals surface area contributed by atoms with Crippen molar-refractivity contribution in [2.24, 2.45) is 0 Å².